The van der Waals surface area contributed by atoms with Gasteiger partial charge in [0, 0.05) is 10.4 Å². The van der Waals surface area contributed by atoms with Gasteiger partial charge in [-0.25, -0.2) is 4.98 Å². The highest BCUT2D eigenvalue weighted by Crippen LogP contribution is 2.60. The van der Waals surface area contributed by atoms with Crippen molar-refractivity contribution in [2.24, 2.45) is 11.8 Å². The summed E-state index contributed by atoms with van der Waals surface area (Å²) in [5.74, 6) is 3.80. The number of aryl methyl sites for hydroxylation is 1. The fourth-order valence-electron chi connectivity index (χ4n) is 3.82. The van der Waals surface area contributed by atoms with E-state index in [-0.39, 0.29) is 0 Å². The van der Waals surface area contributed by atoms with E-state index in [1.165, 1.54) is 42.6 Å². The number of imidazole rings is 1. The molecule has 1 aromatic heterocycles. The highest BCUT2D eigenvalue weighted by molar-refractivity contribution is 9.10. The summed E-state index contributed by atoms with van der Waals surface area (Å²) in [6.07, 6.45) is 5.66. The van der Waals surface area contributed by atoms with E-state index in [1.54, 1.807) is 0 Å². The van der Waals surface area contributed by atoms with Gasteiger partial charge in [-0.15, -0.1) is 0 Å². The first kappa shape index (κ1) is 11.0. The molecule has 3 heteroatoms. The second-order valence-corrected chi connectivity index (χ2v) is 6.79. The molecule has 18 heavy (non-hydrogen) atoms. The number of fused-ring (bicyclic) bond motifs is 2. The van der Waals surface area contributed by atoms with Crippen LogP contribution in [0.5, 0.6) is 0 Å². The molecule has 2 saturated carbocycles. The molecule has 2 aromatic rings. The van der Waals surface area contributed by atoms with Crippen LogP contribution in [0.25, 0.3) is 11.0 Å². The summed E-state index contributed by atoms with van der Waals surface area (Å²) in [7, 11) is 0. The van der Waals surface area contributed by atoms with Gasteiger partial charge in [0.2, 0.25) is 0 Å². The van der Waals surface area contributed by atoms with Crippen LogP contribution in [0.1, 0.15) is 43.0 Å². The molecule has 2 atom stereocenters. The predicted molar refractivity (Wildman–Crippen MR) is 76.7 cm³/mol. The van der Waals surface area contributed by atoms with Crippen molar-refractivity contribution in [3.05, 3.63) is 28.0 Å². The smallest absolute Gasteiger partial charge is 0.110 e. The Kier molecular flexibility index (Phi) is 2.35. The van der Waals surface area contributed by atoms with Crippen LogP contribution in [-0.4, -0.2) is 9.97 Å². The molecule has 2 aliphatic rings. The molecule has 2 nitrogen and oxygen atoms in total. The maximum absolute atomic E-state index is 4.86. The third kappa shape index (κ3) is 1.56. The van der Waals surface area contributed by atoms with Gasteiger partial charge in [-0.05, 0) is 49.3 Å². The number of nitrogens with zero attached hydrogens (tertiary/aromatic N) is 1. The Balaban J connectivity index is 1.76. The number of nitrogens with one attached hydrogen (secondary N) is 1. The molecule has 94 valence electrons. The van der Waals surface area contributed by atoms with Crippen molar-refractivity contribution in [2.75, 3.05) is 0 Å². The lowest BCUT2D eigenvalue weighted by Crippen LogP contribution is -1.91. The quantitative estimate of drug-likeness (QED) is 0.823. The number of rotatable bonds is 1. The van der Waals surface area contributed by atoms with Gasteiger partial charge in [-0.3, -0.25) is 0 Å². The molecule has 0 radical (unpaired) electrons. The third-order valence-corrected chi connectivity index (χ3v) is 5.19. The van der Waals surface area contributed by atoms with Gasteiger partial charge in [0.25, 0.3) is 0 Å². The molecule has 0 spiro atoms. The number of aromatic nitrogens is 2. The molecule has 1 heterocycles. The van der Waals surface area contributed by atoms with Gasteiger partial charge in [-0.1, -0.05) is 28.8 Å². The number of aromatic amines is 1. The molecule has 1 aromatic carbocycles. The van der Waals surface area contributed by atoms with Crippen LogP contribution >= 0.6 is 15.9 Å². The maximum atomic E-state index is 4.86. The zero-order valence-electron chi connectivity index (χ0n) is 10.5. The van der Waals surface area contributed by atoms with Gasteiger partial charge in [0.15, 0.2) is 0 Å². The molecular formula is C15H17BrN2. The summed E-state index contributed by atoms with van der Waals surface area (Å²) in [6.45, 7) is 2.14. The lowest BCUT2D eigenvalue weighted by molar-refractivity contribution is 0.480. The molecule has 2 aliphatic carbocycles. The number of hydrogen-bond acceptors (Lipinski definition) is 1. The minimum atomic E-state index is 0.720. The largest absolute Gasteiger partial charge is 0.342 e. The van der Waals surface area contributed by atoms with Crippen molar-refractivity contribution in [3.63, 3.8) is 0 Å². The van der Waals surface area contributed by atoms with Crippen molar-refractivity contribution in [3.8, 4) is 0 Å². The van der Waals surface area contributed by atoms with E-state index in [1.807, 2.05) is 0 Å². The van der Waals surface area contributed by atoms with Crippen molar-refractivity contribution in [1.82, 2.24) is 9.97 Å². The second kappa shape index (κ2) is 3.83. The van der Waals surface area contributed by atoms with E-state index in [9.17, 15) is 0 Å². The monoisotopic (exact) mass is 304 g/mol. The van der Waals surface area contributed by atoms with Crippen molar-refractivity contribution in [1.29, 1.82) is 0 Å². The van der Waals surface area contributed by atoms with Crippen LogP contribution in [0.4, 0.5) is 0 Å². The fourth-order valence-corrected chi connectivity index (χ4v) is 4.39. The van der Waals surface area contributed by atoms with Crippen LogP contribution in [-0.2, 0) is 0 Å². The Labute approximate surface area is 115 Å². The van der Waals surface area contributed by atoms with Gasteiger partial charge in [0.05, 0.1) is 11.0 Å². The Hall–Kier alpha value is -0.830. The van der Waals surface area contributed by atoms with Crippen molar-refractivity contribution in [2.45, 2.75) is 38.5 Å². The van der Waals surface area contributed by atoms with Crippen LogP contribution in [0.2, 0.25) is 0 Å². The molecule has 2 unspecified atom stereocenters. The van der Waals surface area contributed by atoms with Gasteiger partial charge in [-0.2, -0.15) is 0 Å². The number of H-pyrrole nitrogens is 1. The van der Waals surface area contributed by atoms with Crippen LogP contribution < -0.4 is 0 Å². The Morgan fingerprint density at radius 1 is 1.22 bits per heavy atom. The van der Waals surface area contributed by atoms with Crippen molar-refractivity contribution < 1.29 is 0 Å². The highest BCUT2D eigenvalue weighted by atomic mass is 79.9. The van der Waals surface area contributed by atoms with E-state index in [0.717, 1.165) is 27.7 Å². The Morgan fingerprint density at radius 3 is 2.67 bits per heavy atom. The predicted octanol–water partition coefficient (Wildman–Crippen LogP) is 4.54. The molecule has 0 saturated heterocycles. The first-order valence-corrected chi connectivity index (χ1v) is 7.69. The second-order valence-electron chi connectivity index (χ2n) is 5.88. The van der Waals surface area contributed by atoms with Crippen LogP contribution in [0.3, 0.4) is 0 Å². The third-order valence-electron chi connectivity index (χ3n) is 4.73. The first-order valence-electron chi connectivity index (χ1n) is 6.90. The molecule has 4 rings (SSSR count). The SMILES string of the molecule is Cc1cc(Br)cc2[nH]c(C3C4CCCCC43)nc12. The number of halogens is 1. The maximum Gasteiger partial charge on any atom is 0.110 e. The summed E-state index contributed by atoms with van der Waals surface area (Å²) in [5.41, 5.74) is 3.59. The number of hydrogen-bond donors (Lipinski definition) is 1. The van der Waals surface area contributed by atoms with Gasteiger partial charge in [0.1, 0.15) is 5.82 Å². The molecule has 0 amide bonds. The molecular weight excluding hydrogens is 288 g/mol. The zero-order valence-corrected chi connectivity index (χ0v) is 12.1. The van der Waals surface area contributed by atoms with Gasteiger partial charge >= 0.3 is 0 Å². The molecule has 0 aliphatic heterocycles. The van der Waals surface area contributed by atoms with E-state index in [2.05, 4.69) is 40.0 Å². The zero-order chi connectivity index (χ0) is 12.3. The van der Waals surface area contributed by atoms with Gasteiger partial charge < -0.3 is 4.98 Å². The first-order chi connectivity index (χ1) is 8.74. The standard InChI is InChI=1S/C15H17BrN2/c1-8-6-9(16)7-12-14(8)18-15(17-12)13-10-4-2-3-5-11(10)13/h6-7,10-11,13H,2-5H2,1H3,(H,17,18). The van der Waals surface area contributed by atoms with E-state index < -0.39 is 0 Å². The normalized spacial score (nSPS) is 30.4. The molecule has 1 N–H and O–H groups in total. The minimum absolute atomic E-state index is 0.720. The Bertz CT molecular complexity index is 604. The average Bonchev–Trinajstić information content (AvgIpc) is 2.92. The summed E-state index contributed by atoms with van der Waals surface area (Å²) >= 11 is 3.56. The minimum Gasteiger partial charge on any atom is -0.342 e. The lowest BCUT2D eigenvalue weighted by atomic mass is 10.0. The Morgan fingerprint density at radius 2 is 1.94 bits per heavy atom. The van der Waals surface area contributed by atoms with E-state index >= 15 is 0 Å². The summed E-state index contributed by atoms with van der Waals surface area (Å²) in [5, 5.41) is 0. The van der Waals surface area contributed by atoms with Crippen LogP contribution in [0, 0.1) is 18.8 Å². The average molecular weight is 305 g/mol. The fraction of sp³-hybridized carbons (Fsp3) is 0.533. The summed E-state index contributed by atoms with van der Waals surface area (Å²) < 4.78 is 1.14. The van der Waals surface area contributed by atoms with Crippen molar-refractivity contribution >= 4 is 27.0 Å². The molecule has 2 fully saturated rings. The summed E-state index contributed by atoms with van der Waals surface area (Å²) in [4.78, 5) is 8.42. The molecule has 0 bridgehead atoms. The van der Waals surface area contributed by atoms with E-state index in [4.69, 9.17) is 4.98 Å². The highest BCUT2D eigenvalue weighted by Gasteiger charge is 2.52. The lowest BCUT2D eigenvalue weighted by Gasteiger charge is -2.04. The van der Waals surface area contributed by atoms with Crippen LogP contribution in [0.15, 0.2) is 16.6 Å². The number of benzene rings is 1. The van der Waals surface area contributed by atoms with E-state index in [0.29, 0.717) is 0 Å². The summed E-state index contributed by atoms with van der Waals surface area (Å²) in [6, 6.07) is 4.29. The topological polar surface area (TPSA) is 28.7 Å².